The molecule has 0 atom stereocenters. The summed E-state index contributed by atoms with van der Waals surface area (Å²) < 4.78 is 13.5. The van der Waals surface area contributed by atoms with Gasteiger partial charge in [0.25, 0.3) is 0 Å². The summed E-state index contributed by atoms with van der Waals surface area (Å²) in [6.45, 7) is 0.557. The van der Waals surface area contributed by atoms with E-state index in [4.69, 9.17) is 0 Å². The topological polar surface area (TPSA) is 44.1 Å². The molecule has 1 fully saturated rings. The van der Waals surface area contributed by atoms with E-state index in [0.717, 1.165) is 37.7 Å². The first kappa shape index (κ1) is 14.1. The molecule has 1 amide bonds. The van der Waals surface area contributed by atoms with E-state index in [1.807, 2.05) is 0 Å². The van der Waals surface area contributed by atoms with Crippen LogP contribution in [0.3, 0.4) is 0 Å². The fraction of sp³-hybridized carbons (Fsp3) is 0.529. The highest BCUT2D eigenvalue weighted by Gasteiger charge is 2.43. The number of fused-ring (bicyclic) bond motifs is 1. The Morgan fingerprint density at radius 1 is 1.24 bits per heavy atom. The Kier molecular flexibility index (Phi) is 3.67. The Hall–Kier alpha value is -1.89. The van der Waals surface area contributed by atoms with E-state index in [1.165, 1.54) is 12.1 Å². The first-order chi connectivity index (χ1) is 10.2. The number of rotatable bonds is 1. The minimum atomic E-state index is -0.912. The molecule has 1 heterocycles. The van der Waals surface area contributed by atoms with Crippen LogP contribution in [0.2, 0.25) is 0 Å². The molecule has 4 heteroatoms. The van der Waals surface area contributed by atoms with E-state index in [0.29, 0.717) is 25.1 Å². The lowest BCUT2D eigenvalue weighted by Crippen LogP contribution is -2.42. The molecule has 0 aromatic heterocycles. The molecular weight excluding hydrogens is 267 g/mol. The zero-order valence-electron chi connectivity index (χ0n) is 12.1. The molecule has 110 valence electrons. The Labute approximate surface area is 124 Å². The van der Waals surface area contributed by atoms with Gasteiger partial charge in [0.15, 0.2) is 0 Å². The van der Waals surface area contributed by atoms with Crippen LogP contribution < -0.4 is 4.90 Å². The van der Waals surface area contributed by atoms with Crippen molar-refractivity contribution in [2.24, 2.45) is 5.41 Å². The van der Waals surface area contributed by atoms with Crippen molar-refractivity contribution in [2.45, 2.75) is 44.9 Å². The van der Waals surface area contributed by atoms with E-state index in [2.05, 4.69) is 6.07 Å². The molecule has 0 radical (unpaired) electrons. The van der Waals surface area contributed by atoms with Crippen molar-refractivity contribution in [1.82, 2.24) is 0 Å². The van der Waals surface area contributed by atoms with Crippen LogP contribution in [-0.4, -0.2) is 12.5 Å². The number of nitriles is 1. The second-order valence-corrected chi connectivity index (χ2v) is 6.09. The Balaban J connectivity index is 1.92. The van der Waals surface area contributed by atoms with Crippen LogP contribution in [0.1, 0.15) is 44.1 Å². The van der Waals surface area contributed by atoms with E-state index in [9.17, 15) is 14.4 Å². The molecule has 0 bridgehead atoms. The lowest BCUT2D eigenvalue weighted by atomic mass is 9.80. The summed E-state index contributed by atoms with van der Waals surface area (Å²) in [6.07, 6.45) is 6.01. The van der Waals surface area contributed by atoms with Gasteiger partial charge in [0, 0.05) is 12.2 Å². The molecule has 3 nitrogen and oxygen atoms in total. The van der Waals surface area contributed by atoms with Gasteiger partial charge in [-0.2, -0.15) is 5.26 Å². The summed E-state index contributed by atoms with van der Waals surface area (Å²) in [7, 11) is 0. The number of carbonyl (C=O) groups is 1. The quantitative estimate of drug-likeness (QED) is 0.741. The van der Waals surface area contributed by atoms with Crippen LogP contribution in [0.5, 0.6) is 0 Å². The highest BCUT2D eigenvalue weighted by Crippen LogP contribution is 2.39. The van der Waals surface area contributed by atoms with Crippen LogP contribution in [-0.2, 0) is 11.2 Å². The predicted molar refractivity (Wildman–Crippen MR) is 78.2 cm³/mol. The minimum absolute atomic E-state index is 0.128. The second kappa shape index (κ2) is 5.48. The van der Waals surface area contributed by atoms with Crippen molar-refractivity contribution >= 4 is 11.6 Å². The highest BCUT2D eigenvalue weighted by molar-refractivity contribution is 6.01. The molecule has 2 aliphatic rings. The van der Waals surface area contributed by atoms with Gasteiger partial charge in [-0.25, -0.2) is 4.39 Å². The van der Waals surface area contributed by atoms with Crippen molar-refractivity contribution in [2.75, 3.05) is 11.4 Å². The van der Waals surface area contributed by atoms with E-state index >= 15 is 0 Å². The largest absolute Gasteiger partial charge is 0.310 e. The standard InChI is InChI=1S/C17H19FN2O/c18-14-6-5-13-7-10-20(15(13)11-14)16(21)17(12-19)8-3-1-2-4-9-17/h5-6,11H,1-4,7-10H2. The van der Waals surface area contributed by atoms with Gasteiger partial charge in [-0.1, -0.05) is 31.7 Å². The first-order valence-electron chi connectivity index (χ1n) is 7.68. The average molecular weight is 286 g/mol. The van der Waals surface area contributed by atoms with Gasteiger partial charge in [-0.15, -0.1) is 0 Å². The minimum Gasteiger partial charge on any atom is -0.310 e. The zero-order valence-corrected chi connectivity index (χ0v) is 12.1. The van der Waals surface area contributed by atoms with Crippen molar-refractivity contribution in [3.05, 3.63) is 29.6 Å². The van der Waals surface area contributed by atoms with Crippen molar-refractivity contribution in [1.29, 1.82) is 5.26 Å². The number of nitrogens with zero attached hydrogens (tertiary/aromatic N) is 2. The first-order valence-corrected chi connectivity index (χ1v) is 7.68. The third-order valence-corrected chi connectivity index (χ3v) is 4.77. The number of carbonyl (C=O) groups excluding carboxylic acids is 1. The van der Waals surface area contributed by atoms with Crippen molar-refractivity contribution in [3.63, 3.8) is 0 Å². The van der Waals surface area contributed by atoms with E-state index < -0.39 is 5.41 Å². The molecule has 3 rings (SSSR count). The molecule has 1 aromatic rings. The smallest absolute Gasteiger partial charge is 0.247 e. The Morgan fingerprint density at radius 2 is 1.95 bits per heavy atom. The van der Waals surface area contributed by atoms with Crippen molar-refractivity contribution in [3.8, 4) is 6.07 Å². The van der Waals surface area contributed by atoms with Crippen LogP contribution in [0.15, 0.2) is 18.2 Å². The summed E-state index contributed by atoms with van der Waals surface area (Å²) in [4.78, 5) is 14.6. The monoisotopic (exact) mass is 286 g/mol. The van der Waals surface area contributed by atoms with Crippen LogP contribution in [0, 0.1) is 22.6 Å². The van der Waals surface area contributed by atoms with E-state index in [-0.39, 0.29) is 11.7 Å². The molecule has 0 N–H and O–H groups in total. The lowest BCUT2D eigenvalue weighted by Gasteiger charge is -2.29. The number of hydrogen-bond acceptors (Lipinski definition) is 2. The molecule has 0 spiro atoms. The SMILES string of the molecule is N#CC1(C(=O)N2CCc3ccc(F)cc32)CCCCCC1. The van der Waals surface area contributed by atoms with Crippen LogP contribution in [0.25, 0.3) is 0 Å². The third kappa shape index (κ3) is 2.42. The number of halogens is 1. The summed E-state index contributed by atoms with van der Waals surface area (Å²) in [5, 5.41) is 9.63. The van der Waals surface area contributed by atoms with Gasteiger partial charge < -0.3 is 4.90 Å². The normalized spacial score (nSPS) is 20.5. The number of anilines is 1. The summed E-state index contributed by atoms with van der Waals surface area (Å²) >= 11 is 0. The Bertz CT molecular complexity index is 597. The zero-order chi connectivity index (χ0) is 14.9. The highest BCUT2D eigenvalue weighted by atomic mass is 19.1. The average Bonchev–Trinajstić information content (AvgIpc) is 2.75. The number of benzene rings is 1. The van der Waals surface area contributed by atoms with Crippen molar-refractivity contribution < 1.29 is 9.18 Å². The van der Waals surface area contributed by atoms with Gasteiger partial charge in [0.05, 0.1) is 6.07 Å². The van der Waals surface area contributed by atoms with Crippen LogP contribution in [0.4, 0.5) is 10.1 Å². The molecule has 1 aromatic carbocycles. The summed E-state index contributed by atoms with van der Waals surface area (Å²) in [5.41, 5.74) is 0.732. The maximum absolute atomic E-state index is 13.5. The molecular formula is C17H19FN2O. The summed E-state index contributed by atoms with van der Waals surface area (Å²) in [6, 6.07) is 6.88. The number of hydrogen-bond donors (Lipinski definition) is 0. The second-order valence-electron chi connectivity index (χ2n) is 6.09. The molecule has 1 saturated carbocycles. The molecule has 0 saturated heterocycles. The van der Waals surface area contributed by atoms with E-state index in [1.54, 1.807) is 11.0 Å². The predicted octanol–water partition coefficient (Wildman–Crippen LogP) is 3.58. The fourth-order valence-corrected chi connectivity index (χ4v) is 3.53. The molecule has 0 unspecified atom stereocenters. The molecule has 1 aliphatic carbocycles. The van der Waals surface area contributed by atoms with Gasteiger partial charge >= 0.3 is 0 Å². The van der Waals surface area contributed by atoms with Gasteiger partial charge in [0.2, 0.25) is 5.91 Å². The fourth-order valence-electron chi connectivity index (χ4n) is 3.53. The maximum Gasteiger partial charge on any atom is 0.247 e. The van der Waals surface area contributed by atoms with Gasteiger partial charge in [-0.3, -0.25) is 4.79 Å². The lowest BCUT2D eigenvalue weighted by molar-refractivity contribution is -0.126. The Morgan fingerprint density at radius 3 is 2.62 bits per heavy atom. The molecule has 1 aliphatic heterocycles. The maximum atomic E-state index is 13.5. The molecule has 21 heavy (non-hydrogen) atoms. The summed E-state index contributed by atoms with van der Waals surface area (Å²) in [5.74, 6) is -0.462. The van der Waals surface area contributed by atoms with Crippen LogP contribution >= 0.6 is 0 Å². The number of amides is 1. The third-order valence-electron chi connectivity index (χ3n) is 4.77. The van der Waals surface area contributed by atoms with Gasteiger partial charge in [0.1, 0.15) is 11.2 Å². The van der Waals surface area contributed by atoms with Gasteiger partial charge in [-0.05, 0) is 37.0 Å².